The van der Waals surface area contributed by atoms with Crippen molar-refractivity contribution in [2.24, 2.45) is 0 Å². The van der Waals surface area contributed by atoms with Gasteiger partial charge in [-0.3, -0.25) is 4.98 Å². The summed E-state index contributed by atoms with van der Waals surface area (Å²) in [4.78, 5) is 11.6. The summed E-state index contributed by atoms with van der Waals surface area (Å²) in [5.74, 6) is 1.96. The maximum absolute atomic E-state index is 4.92. The summed E-state index contributed by atoms with van der Waals surface area (Å²) in [6.45, 7) is 7.87. The van der Waals surface area contributed by atoms with E-state index in [9.17, 15) is 0 Å². The molecule has 156 valence electrons. The van der Waals surface area contributed by atoms with Crippen molar-refractivity contribution in [3.05, 3.63) is 46.8 Å². The quantitative estimate of drug-likeness (QED) is 0.514. The molecule has 1 N–H and O–H groups in total. The fraction of sp³-hybridized carbons (Fsp3) is 0.500. The summed E-state index contributed by atoms with van der Waals surface area (Å²) in [5.41, 5.74) is 1.98. The van der Waals surface area contributed by atoms with E-state index in [1.165, 1.54) is 32.1 Å². The third-order valence-corrected chi connectivity index (χ3v) is 5.82. The Morgan fingerprint density at radius 3 is 2.69 bits per heavy atom. The molecule has 3 heterocycles. The van der Waals surface area contributed by atoms with Gasteiger partial charge in [0, 0.05) is 37.6 Å². The van der Waals surface area contributed by atoms with Crippen LogP contribution in [0.2, 0.25) is 0 Å². The number of aromatic nitrogens is 4. The number of fused-ring (bicyclic) bond motifs is 1. The average Bonchev–Trinajstić information content (AvgIpc) is 3.16. The second-order valence-corrected chi connectivity index (χ2v) is 7.87. The first-order valence-corrected chi connectivity index (χ1v) is 11.5. The monoisotopic (exact) mass is 458 g/mol. The molecule has 4 rings (SSSR count). The van der Waals surface area contributed by atoms with Gasteiger partial charge in [0.1, 0.15) is 11.6 Å². The summed E-state index contributed by atoms with van der Waals surface area (Å²) in [6, 6.07) is 6.72. The number of hydrogen-bond donors (Lipinski definition) is 1. The first kappa shape index (κ1) is 21.6. The van der Waals surface area contributed by atoms with Gasteiger partial charge in [-0.15, -0.1) is 0 Å². The third-order valence-electron chi connectivity index (χ3n) is 5.26. The van der Waals surface area contributed by atoms with Gasteiger partial charge in [-0.2, -0.15) is 9.61 Å². The van der Waals surface area contributed by atoms with E-state index < -0.39 is 0 Å². The Labute approximate surface area is 181 Å². The first-order chi connectivity index (χ1) is 14.3. The third kappa shape index (κ3) is 5.07. The highest BCUT2D eigenvalue weighted by molar-refractivity contribution is 9.10. The fourth-order valence-corrected chi connectivity index (χ4v) is 4.24. The van der Waals surface area contributed by atoms with Crippen LogP contribution in [0.1, 0.15) is 58.4 Å². The molecular formula is C22H31BrN6. The standard InChI is InChI=1S/C20H25BrN6.C2H6/c1-2-26(16-8-4-3-5-9-16)19-11-18(23-13-15-7-6-10-22-12-15)27-20(25-19)17(21)14-24-27;1-2/h6-7,10-12,14,16,23H,2-5,8-9,13H2,1H3;1-2H3. The minimum atomic E-state index is 0.576. The van der Waals surface area contributed by atoms with Crippen LogP contribution in [0.3, 0.4) is 0 Å². The Kier molecular flexibility index (Phi) is 7.86. The van der Waals surface area contributed by atoms with Crippen LogP contribution in [-0.4, -0.2) is 32.2 Å². The van der Waals surface area contributed by atoms with Crippen molar-refractivity contribution in [2.45, 2.75) is 65.5 Å². The molecule has 3 aromatic rings. The number of anilines is 2. The number of pyridine rings is 1. The highest BCUT2D eigenvalue weighted by atomic mass is 79.9. The van der Waals surface area contributed by atoms with E-state index in [1.807, 2.05) is 30.6 Å². The topological polar surface area (TPSA) is 58.4 Å². The zero-order valence-electron chi connectivity index (χ0n) is 17.6. The van der Waals surface area contributed by atoms with Crippen molar-refractivity contribution in [3.63, 3.8) is 0 Å². The zero-order chi connectivity index (χ0) is 20.6. The average molecular weight is 459 g/mol. The molecular weight excluding hydrogens is 428 g/mol. The fourth-order valence-electron chi connectivity index (χ4n) is 3.89. The molecule has 0 atom stereocenters. The molecule has 3 aromatic heterocycles. The summed E-state index contributed by atoms with van der Waals surface area (Å²) in [5, 5.41) is 7.99. The molecule has 0 aliphatic heterocycles. The van der Waals surface area contributed by atoms with Crippen molar-refractivity contribution in [1.29, 1.82) is 0 Å². The number of hydrogen-bond acceptors (Lipinski definition) is 5. The lowest BCUT2D eigenvalue weighted by Gasteiger charge is -2.34. The van der Waals surface area contributed by atoms with Gasteiger partial charge in [-0.1, -0.05) is 39.2 Å². The molecule has 0 aromatic carbocycles. The molecule has 0 unspecified atom stereocenters. The minimum Gasteiger partial charge on any atom is -0.366 e. The Hall–Kier alpha value is -2.15. The Morgan fingerprint density at radius 2 is 2.00 bits per heavy atom. The van der Waals surface area contributed by atoms with Gasteiger partial charge in [0.05, 0.1) is 10.7 Å². The lowest BCUT2D eigenvalue weighted by molar-refractivity contribution is 0.416. The van der Waals surface area contributed by atoms with E-state index in [2.05, 4.69) is 55.3 Å². The summed E-state index contributed by atoms with van der Waals surface area (Å²) < 4.78 is 2.77. The van der Waals surface area contributed by atoms with Crippen LogP contribution in [0.15, 0.2) is 41.3 Å². The van der Waals surface area contributed by atoms with Crippen LogP contribution in [0.5, 0.6) is 0 Å². The number of halogens is 1. The van der Waals surface area contributed by atoms with E-state index in [1.54, 1.807) is 12.4 Å². The van der Waals surface area contributed by atoms with Crippen LogP contribution >= 0.6 is 15.9 Å². The predicted octanol–water partition coefficient (Wildman–Crippen LogP) is 5.68. The minimum absolute atomic E-state index is 0.576. The molecule has 0 radical (unpaired) electrons. The maximum atomic E-state index is 4.92. The van der Waals surface area contributed by atoms with Crippen LogP contribution in [0, 0.1) is 0 Å². The van der Waals surface area contributed by atoms with Gasteiger partial charge in [-0.05, 0) is 47.3 Å². The van der Waals surface area contributed by atoms with E-state index in [4.69, 9.17) is 4.98 Å². The molecule has 0 amide bonds. The van der Waals surface area contributed by atoms with Crippen LogP contribution in [0.25, 0.3) is 5.65 Å². The van der Waals surface area contributed by atoms with E-state index >= 15 is 0 Å². The lowest BCUT2D eigenvalue weighted by Crippen LogP contribution is -2.37. The molecule has 1 saturated carbocycles. The van der Waals surface area contributed by atoms with Crippen LogP contribution in [0.4, 0.5) is 11.6 Å². The second kappa shape index (κ2) is 10.6. The zero-order valence-corrected chi connectivity index (χ0v) is 19.2. The molecule has 0 spiro atoms. The molecule has 0 bridgehead atoms. The molecule has 1 fully saturated rings. The van der Waals surface area contributed by atoms with Gasteiger partial charge < -0.3 is 10.2 Å². The number of nitrogens with zero attached hydrogens (tertiary/aromatic N) is 5. The Balaban J connectivity index is 0.00000117. The highest BCUT2D eigenvalue weighted by Crippen LogP contribution is 2.30. The highest BCUT2D eigenvalue weighted by Gasteiger charge is 2.23. The lowest BCUT2D eigenvalue weighted by atomic mass is 9.94. The molecule has 1 aliphatic carbocycles. The number of rotatable bonds is 6. The van der Waals surface area contributed by atoms with E-state index in [0.717, 1.165) is 33.9 Å². The van der Waals surface area contributed by atoms with Crippen molar-refractivity contribution in [1.82, 2.24) is 19.6 Å². The first-order valence-electron chi connectivity index (χ1n) is 10.7. The normalized spacial score (nSPS) is 14.3. The summed E-state index contributed by atoms with van der Waals surface area (Å²) in [6.07, 6.45) is 12.0. The van der Waals surface area contributed by atoms with Gasteiger partial charge in [0.25, 0.3) is 0 Å². The summed E-state index contributed by atoms with van der Waals surface area (Å²) >= 11 is 3.60. The largest absolute Gasteiger partial charge is 0.366 e. The van der Waals surface area contributed by atoms with Gasteiger partial charge >= 0.3 is 0 Å². The molecule has 1 aliphatic rings. The smallest absolute Gasteiger partial charge is 0.173 e. The van der Waals surface area contributed by atoms with Crippen molar-refractivity contribution >= 4 is 33.2 Å². The van der Waals surface area contributed by atoms with E-state index in [-0.39, 0.29) is 0 Å². The van der Waals surface area contributed by atoms with Crippen molar-refractivity contribution in [3.8, 4) is 0 Å². The summed E-state index contributed by atoms with van der Waals surface area (Å²) in [7, 11) is 0. The van der Waals surface area contributed by atoms with E-state index in [0.29, 0.717) is 12.6 Å². The molecule has 7 heteroatoms. The van der Waals surface area contributed by atoms with Gasteiger partial charge in [-0.25, -0.2) is 4.98 Å². The molecule has 0 saturated heterocycles. The second-order valence-electron chi connectivity index (χ2n) is 7.02. The van der Waals surface area contributed by atoms with Crippen molar-refractivity contribution < 1.29 is 0 Å². The maximum Gasteiger partial charge on any atom is 0.173 e. The van der Waals surface area contributed by atoms with Crippen molar-refractivity contribution in [2.75, 3.05) is 16.8 Å². The van der Waals surface area contributed by atoms with Crippen LogP contribution < -0.4 is 10.2 Å². The SMILES string of the molecule is CC.CCN(c1cc(NCc2cccnc2)n2ncc(Br)c2n1)C1CCCCC1. The number of nitrogens with one attached hydrogen (secondary N) is 1. The van der Waals surface area contributed by atoms with Gasteiger partial charge in [0.2, 0.25) is 0 Å². The molecule has 6 nitrogen and oxygen atoms in total. The predicted molar refractivity (Wildman–Crippen MR) is 123 cm³/mol. The Morgan fingerprint density at radius 1 is 1.21 bits per heavy atom. The van der Waals surface area contributed by atoms with Crippen LogP contribution in [-0.2, 0) is 6.54 Å². The Bertz CT molecular complexity index is 889. The molecule has 29 heavy (non-hydrogen) atoms. The van der Waals surface area contributed by atoms with Gasteiger partial charge in [0.15, 0.2) is 5.65 Å².